The summed E-state index contributed by atoms with van der Waals surface area (Å²) in [5, 5.41) is 0. The number of halogens is 1. The van der Waals surface area contributed by atoms with Gasteiger partial charge >= 0.3 is 0 Å². The monoisotopic (exact) mass is 328 g/mol. The van der Waals surface area contributed by atoms with Gasteiger partial charge in [-0.15, -0.1) is 12.4 Å². The Morgan fingerprint density at radius 3 is 2.45 bits per heavy atom. The molecule has 3 fully saturated rings. The zero-order chi connectivity index (χ0) is 14.8. The lowest BCUT2D eigenvalue weighted by atomic mass is 9.65. The van der Waals surface area contributed by atoms with E-state index in [0.717, 1.165) is 31.8 Å². The van der Waals surface area contributed by atoms with Crippen LogP contribution < -0.4 is 5.73 Å². The van der Waals surface area contributed by atoms with E-state index in [-0.39, 0.29) is 18.3 Å². The van der Waals surface area contributed by atoms with Gasteiger partial charge in [-0.3, -0.25) is 4.79 Å². The Labute approximate surface area is 141 Å². The van der Waals surface area contributed by atoms with Crippen molar-refractivity contribution in [3.05, 3.63) is 0 Å². The first kappa shape index (κ1) is 18.1. The molecule has 2 N–H and O–H groups in total. The highest BCUT2D eigenvalue weighted by Gasteiger charge is 2.42. The maximum absolute atomic E-state index is 12.9. The number of nitrogens with zero attached hydrogens (tertiary/aromatic N) is 1. The van der Waals surface area contributed by atoms with Crippen molar-refractivity contribution >= 4 is 18.3 Å². The Morgan fingerprint density at radius 1 is 1.14 bits per heavy atom. The van der Waals surface area contributed by atoms with E-state index in [1.807, 2.05) is 0 Å². The fourth-order valence-electron chi connectivity index (χ4n) is 5.16. The highest BCUT2D eigenvalue weighted by atomic mass is 35.5. The van der Waals surface area contributed by atoms with E-state index < -0.39 is 0 Å². The molecular formula is C18H33ClN2O. The molecule has 1 heterocycles. The van der Waals surface area contributed by atoms with Crippen molar-refractivity contribution in [2.24, 2.45) is 29.4 Å². The molecule has 3 nitrogen and oxygen atoms in total. The van der Waals surface area contributed by atoms with Crippen molar-refractivity contribution in [3.8, 4) is 0 Å². The molecule has 0 aromatic heterocycles. The summed E-state index contributed by atoms with van der Waals surface area (Å²) in [5.74, 6) is 2.71. The smallest absolute Gasteiger partial charge is 0.225 e. The minimum atomic E-state index is 0. The largest absolute Gasteiger partial charge is 0.342 e. The summed E-state index contributed by atoms with van der Waals surface area (Å²) in [7, 11) is 0. The second-order valence-electron chi connectivity index (χ2n) is 7.78. The Balaban J connectivity index is 0.00000176. The second-order valence-corrected chi connectivity index (χ2v) is 7.78. The number of fused-ring (bicyclic) bond motifs is 2. The molecule has 4 heteroatoms. The van der Waals surface area contributed by atoms with E-state index in [4.69, 9.17) is 5.73 Å². The third-order valence-electron chi connectivity index (χ3n) is 6.29. The van der Waals surface area contributed by atoms with Crippen LogP contribution in [0.2, 0.25) is 0 Å². The van der Waals surface area contributed by atoms with Gasteiger partial charge in [0, 0.05) is 25.0 Å². The lowest BCUT2D eigenvalue weighted by Crippen LogP contribution is -2.51. The van der Waals surface area contributed by atoms with E-state index in [1.165, 1.54) is 44.9 Å². The van der Waals surface area contributed by atoms with Gasteiger partial charge in [-0.2, -0.15) is 0 Å². The zero-order valence-corrected chi connectivity index (χ0v) is 14.8. The van der Waals surface area contributed by atoms with Gasteiger partial charge < -0.3 is 10.6 Å². The highest BCUT2D eigenvalue weighted by molar-refractivity contribution is 5.85. The van der Waals surface area contributed by atoms with Crippen LogP contribution in [-0.4, -0.2) is 29.9 Å². The summed E-state index contributed by atoms with van der Waals surface area (Å²) in [4.78, 5) is 15.1. The molecule has 0 radical (unpaired) electrons. The average molecular weight is 329 g/mol. The topological polar surface area (TPSA) is 46.3 Å². The van der Waals surface area contributed by atoms with Crippen LogP contribution in [0, 0.1) is 23.7 Å². The van der Waals surface area contributed by atoms with Crippen molar-refractivity contribution in [1.82, 2.24) is 4.90 Å². The molecular weight excluding hydrogens is 296 g/mol. The van der Waals surface area contributed by atoms with Crippen LogP contribution >= 0.6 is 12.4 Å². The minimum absolute atomic E-state index is 0. The normalized spacial score (nSPS) is 38.3. The minimum Gasteiger partial charge on any atom is -0.342 e. The third-order valence-corrected chi connectivity index (χ3v) is 6.29. The number of hydrogen-bond acceptors (Lipinski definition) is 2. The van der Waals surface area contributed by atoms with Crippen LogP contribution in [0.3, 0.4) is 0 Å². The van der Waals surface area contributed by atoms with Gasteiger partial charge in [-0.25, -0.2) is 0 Å². The molecule has 3 aliphatic rings. The first-order valence-electron chi connectivity index (χ1n) is 9.23. The predicted molar refractivity (Wildman–Crippen MR) is 93.0 cm³/mol. The summed E-state index contributed by atoms with van der Waals surface area (Å²) in [6.45, 7) is 4.27. The summed E-state index contributed by atoms with van der Waals surface area (Å²) in [6.07, 6.45) is 11.0. The van der Waals surface area contributed by atoms with Gasteiger partial charge in [0.1, 0.15) is 0 Å². The third kappa shape index (κ3) is 3.79. The van der Waals surface area contributed by atoms with Gasteiger partial charge in [0.15, 0.2) is 0 Å². The van der Waals surface area contributed by atoms with Gasteiger partial charge in [0.25, 0.3) is 0 Å². The summed E-state index contributed by atoms with van der Waals surface area (Å²) >= 11 is 0. The van der Waals surface area contributed by atoms with Crippen molar-refractivity contribution in [3.63, 3.8) is 0 Å². The fourth-order valence-corrected chi connectivity index (χ4v) is 5.16. The molecule has 128 valence electrons. The number of nitrogens with two attached hydrogens (primary N) is 1. The molecule has 2 bridgehead atoms. The second kappa shape index (κ2) is 8.01. The zero-order valence-electron chi connectivity index (χ0n) is 14.0. The van der Waals surface area contributed by atoms with Crippen molar-refractivity contribution in [2.75, 3.05) is 13.1 Å². The molecule has 1 saturated heterocycles. The number of amides is 1. The molecule has 1 aliphatic heterocycles. The number of carbonyl (C=O) groups is 1. The molecule has 2 aliphatic carbocycles. The van der Waals surface area contributed by atoms with Crippen LogP contribution in [0.5, 0.6) is 0 Å². The number of hydrogen-bond donors (Lipinski definition) is 1. The van der Waals surface area contributed by atoms with Gasteiger partial charge in [0.2, 0.25) is 5.91 Å². The van der Waals surface area contributed by atoms with Crippen LogP contribution in [0.15, 0.2) is 0 Å². The molecule has 3 rings (SSSR count). The van der Waals surface area contributed by atoms with E-state index in [0.29, 0.717) is 23.8 Å². The molecule has 1 amide bonds. The Hall–Kier alpha value is -0.280. The Kier molecular flexibility index (Phi) is 6.58. The lowest BCUT2D eigenvalue weighted by Gasteiger charge is -2.45. The summed E-state index contributed by atoms with van der Waals surface area (Å²) in [6, 6.07) is 0.372. The first-order chi connectivity index (χ1) is 10.2. The first-order valence-corrected chi connectivity index (χ1v) is 9.23. The van der Waals surface area contributed by atoms with Crippen LogP contribution in [0.25, 0.3) is 0 Å². The van der Waals surface area contributed by atoms with Crippen LogP contribution in [0.1, 0.15) is 64.7 Å². The molecule has 0 aromatic carbocycles. The number of piperidine rings is 1. The lowest BCUT2D eigenvalue weighted by molar-refractivity contribution is -0.140. The van der Waals surface area contributed by atoms with E-state index >= 15 is 0 Å². The summed E-state index contributed by atoms with van der Waals surface area (Å²) < 4.78 is 0. The van der Waals surface area contributed by atoms with E-state index in [1.54, 1.807) is 0 Å². The molecule has 2 saturated carbocycles. The standard InChI is InChI=1S/C18H32N2O.ClH/c1-2-5-13-6-4-9-20(12-13)18(21)16-10-14-7-3-8-15(11-16)17(14)19;/h13-17H,2-12,19H2,1H3;1H. The SMILES string of the molecule is CCCC1CCCN(C(=O)C2CC3CCCC(C2)C3N)C1.Cl. The maximum Gasteiger partial charge on any atom is 0.225 e. The van der Waals surface area contributed by atoms with Gasteiger partial charge in [-0.05, 0) is 62.7 Å². The van der Waals surface area contributed by atoms with Crippen molar-refractivity contribution in [1.29, 1.82) is 0 Å². The van der Waals surface area contributed by atoms with Gasteiger partial charge in [-0.1, -0.05) is 19.8 Å². The molecule has 3 unspecified atom stereocenters. The Bertz CT molecular complexity index is 360. The molecule has 22 heavy (non-hydrogen) atoms. The van der Waals surface area contributed by atoms with Crippen LogP contribution in [-0.2, 0) is 4.79 Å². The Morgan fingerprint density at radius 2 is 1.82 bits per heavy atom. The van der Waals surface area contributed by atoms with Crippen molar-refractivity contribution in [2.45, 2.75) is 70.8 Å². The average Bonchev–Trinajstić information content (AvgIpc) is 2.47. The molecule has 0 spiro atoms. The maximum atomic E-state index is 12.9. The van der Waals surface area contributed by atoms with E-state index in [9.17, 15) is 4.79 Å². The van der Waals surface area contributed by atoms with Gasteiger partial charge in [0.05, 0.1) is 0 Å². The quantitative estimate of drug-likeness (QED) is 0.860. The van der Waals surface area contributed by atoms with Crippen molar-refractivity contribution < 1.29 is 4.79 Å². The van der Waals surface area contributed by atoms with E-state index in [2.05, 4.69) is 11.8 Å². The predicted octanol–water partition coefficient (Wildman–Crippen LogP) is 3.60. The number of carbonyl (C=O) groups excluding carboxylic acids is 1. The molecule has 3 atom stereocenters. The molecule has 0 aromatic rings. The fraction of sp³-hybridized carbons (Fsp3) is 0.944. The van der Waals surface area contributed by atoms with Crippen LogP contribution in [0.4, 0.5) is 0 Å². The highest BCUT2D eigenvalue weighted by Crippen LogP contribution is 2.42. The summed E-state index contributed by atoms with van der Waals surface area (Å²) in [5.41, 5.74) is 6.36. The number of likely N-dealkylation sites (tertiary alicyclic amines) is 1. The number of rotatable bonds is 3.